The van der Waals surface area contributed by atoms with Gasteiger partial charge >= 0.3 is 0 Å². The second-order valence-electron chi connectivity index (χ2n) is 5.61. The van der Waals surface area contributed by atoms with Crippen LogP contribution in [0.3, 0.4) is 0 Å². The van der Waals surface area contributed by atoms with Crippen molar-refractivity contribution in [3.63, 3.8) is 0 Å². The van der Waals surface area contributed by atoms with Crippen LogP contribution >= 0.6 is 11.3 Å². The minimum atomic E-state index is 0.307. The van der Waals surface area contributed by atoms with Crippen molar-refractivity contribution >= 4 is 11.3 Å². The Balaban J connectivity index is 2.12. The van der Waals surface area contributed by atoms with Gasteiger partial charge in [-0.15, -0.1) is 11.3 Å². The van der Waals surface area contributed by atoms with Crippen LogP contribution in [0.15, 0.2) is 11.4 Å². The van der Waals surface area contributed by atoms with Crippen LogP contribution in [0, 0.1) is 5.41 Å². The molecule has 1 atom stereocenters. The molecule has 2 rings (SSSR count). The summed E-state index contributed by atoms with van der Waals surface area (Å²) in [5.41, 5.74) is 7.89. The van der Waals surface area contributed by atoms with Gasteiger partial charge in [0.25, 0.3) is 0 Å². The molecule has 0 saturated heterocycles. The van der Waals surface area contributed by atoms with Crippen molar-refractivity contribution < 1.29 is 0 Å². The van der Waals surface area contributed by atoms with Gasteiger partial charge in [0, 0.05) is 24.0 Å². The van der Waals surface area contributed by atoms with Crippen molar-refractivity contribution in [3.05, 3.63) is 21.9 Å². The van der Waals surface area contributed by atoms with Gasteiger partial charge in [-0.3, -0.25) is 4.90 Å². The average molecular weight is 266 g/mol. The highest BCUT2D eigenvalue weighted by Crippen LogP contribution is 2.36. The van der Waals surface area contributed by atoms with E-state index in [1.54, 1.807) is 10.4 Å². The zero-order valence-corrected chi connectivity index (χ0v) is 12.7. The molecule has 0 saturated carbocycles. The summed E-state index contributed by atoms with van der Waals surface area (Å²) in [6.07, 6.45) is 3.57. The molecular formula is C15H26N2S. The lowest BCUT2D eigenvalue weighted by atomic mass is 9.81. The number of hydrogen-bond donors (Lipinski definition) is 1. The normalized spacial score (nSPS) is 21.0. The zero-order chi connectivity index (χ0) is 13.2. The summed E-state index contributed by atoms with van der Waals surface area (Å²) in [7, 11) is 0. The third kappa shape index (κ3) is 2.49. The molecule has 0 radical (unpaired) electrons. The van der Waals surface area contributed by atoms with Crippen LogP contribution < -0.4 is 5.73 Å². The Morgan fingerprint density at radius 2 is 2.17 bits per heavy atom. The quantitative estimate of drug-likeness (QED) is 0.884. The second kappa shape index (κ2) is 5.72. The van der Waals surface area contributed by atoms with Crippen LogP contribution in [0.2, 0.25) is 0 Å². The van der Waals surface area contributed by atoms with E-state index < -0.39 is 0 Å². The second-order valence-corrected chi connectivity index (χ2v) is 6.61. The van der Waals surface area contributed by atoms with Crippen LogP contribution in [0.25, 0.3) is 0 Å². The number of nitrogens with two attached hydrogens (primary N) is 1. The highest BCUT2D eigenvalue weighted by molar-refractivity contribution is 7.10. The topological polar surface area (TPSA) is 29.3 Å². The molecular weight excluding hydrogens is 240 g/mol. The summed E-state index contributed by atoms with van der Waals surface area (Å²) in [4.78, 5) is 4.22. The lowest BCUT2D eigenvalue weighted by Gasteiger charge is -2.41. The molecule has 18 heavy (non-hydrogen) atoms. The van der Waals surface area contributed by atoms with E-state index in [2.05, 4.69) is 37.1 Å². The number of hydrogen-bond acceptors (Lipinski definition) is 3. The van der Waals surface area contributed by atoms with Crippen LogP contribution in [0.4, 0.5) is 0 Å². The van der Waals surface area contributed by atoms with Crippen molar-refractivity contribution in [3.8, 4) is 0 Å². The monoisotopic (exact) mass is 266 g/mol. The van der Waals surface area contributed by atoms with Gasteiger partial charge < -0.3 is 5.73 Å². The van der Waals surface area contributed by atoms with Gasteiger partial charge in [0.05, 0.1) is 0 Å². The SMILES string of the molecule is CCC(CC)(CN)CN1CCc2sccc2C1C. The van der Waals surface area contributed by atoms with E-state index >= 15 is 0 Å². The Hall–Kier alpha value is -0.380. The standard InChI is InChI=1S/C15H26N2S/c1-4-15(5-2,10-16)11-17-8-6-14-13(12(17)3)7-9-18-14/h7,9,12H,4-6,8,10-11,16H2,1-3H3. The first kappa shape index (κ1) is 14.0. The van der Waals surface area contributed by atoms with Crippen molar-refractivity contribution in [1.29, 1.82) is 0 Å². The van der Waals surface area contributed by atoms with Crippen molar-refractivity contribution in [2.24, 2.45) is 11.1 Å². The third-order valence-corrected chi connectivity index (χ3v) is 5.87. The van der Waals surface area contributed by atoms with E-state index in [0.29, 0.717) is 11.5 Å². The maximum absolute atomic E-state index is 6.04. The number of nitrogens with zero attached hydrogens (tertiary/aromatic N) is 1. The Bertz CT molecular complexity index is 373. The van der Waals surface area contributed by atoms with Gasteiger partial charge in [-0.05, 0) is 55.2 Å². The predicted octanol–water partition coefficient (Wildman–Crippen LogP) is 3.43. The van der Waals surface area contributed by atoms with Crippen molar-refractivity contribution in [2.45, 2.75) is 46.1 Å². The lowest BCUT2D eigenvalue weighted by Crippen LogP contribution is -2.45. The van der Waals surface area contributed by atoms with Gasteiger partial charge in [0.1, 0.15) is 0 Å². The van der Waals surface area contributed by atoms with Crippen molar-refractivity contribution in [1.82, 2.24) is 4.90 Å². The van der Waals surface area contributed by atoms with E-state index in [9.17, 15) is 0 Å². The fraction of sp³-hybridized carbons (Fsp3) is 0.733. The van der Waals surface area contributed by atoms with E-state index in [1.165, 1.54) is 25.8 Å². The van der Waals surface area contributed by atoms with E-state index in [4.69, 9.17) is 5.73 Å². The Kier molecular flexibility index (Phi) is 4.46. The molecule has 0 aromatic carbocycles. The van der Waals surface area contributed by atoms with Crippen molar-refractivity contribution in [2.75, 3.05) is 19.6 Å². The molecule has 0 bridgehead atoms. The smallest absolute Gasteiger partial charge is 0.0331 e. The van der Waals surface area contributed by atoms with Gasteiger partial charge in [-0.25, -0.2) is 0 Å². The summed E-state index contributed by atoms with van der Waals surface area (Å²) in [5.74, 6) is 0. The van der Waals surface area contributed by atoms with Gasteiger partial charge in [0.2, 0.25) is 0 Å². The molecule has 102 valence electrons. The number of thiophene rings is 1. The van der Waals surface area contributed by atoms with Gasteiger partial charge in [0.15, 0.2) is 0 Å². The third-order valence-electron chi connectivity index (χ3n) is 4.88. The maximum Gasteiger partial charge on any atom is 0.0331 e. The molecule has 0 fully saturated rings. The van der Waals surface area contributed by atoms with E-state index in [0.717, 1.165) is 13.1 Å². The highest BCUT2D eigenvalue weighted by Gasteiger charge is 2.32. The predicted molar refractivity (Wildman–Crippen MR) is 80.1 cm³/mol. The molecule has 1 aromatic heterocycles. The minimum absolute atomic E-state index is 0.307. The molecule has 2 nitrogen and oxygen atoms in total. The van der Waals surface area contributed by atoms with Crippen LogP contribution in [0.1, 0.15) is 50.1 Å². The molecule has 1 aliphatic heterocycles. The average Bonchev–Trinajstić information content (AvgIpc) is 2.88. The molecule has 0 aliphatic carbocycles. The first-order valence-electron chi connectivity index (χ1n) is 7.16. The summed E-state index contributed by atoms with van der Waals surface area (Å²) in [6, 6.07) is 2.86. The van der Waals surface area contributed by atoms with Gasteiger partial charge in [-0.2, -0.15) is 0 Å². The Labute approximate surface area is 115 Å². The molecule has 0 amide bonds. The summed E-state index contributed by atoms with van der Waals surface area (Å²) in [6.45, 7) is 10.0. The molecule has 1 unspecified atom stereocenters. The van der Waals surface area contributed by atoms with E-state index in [1.807, 2.05) is 11.3 Å². The fourth-order valence-electron chi connectivity index (χ4n) is 3.04. The first-order valence-corrected chi connectivity index (χ1v) is 8.04. The molecule has 1 aromatic rings. The summed E-state index contributed by atoms with van der Waals surface area (Å²) >= 11 is 1.92. The summed E-state index contributed by atoms with van der Waals surface area (Å²) < 4.78 is 0. The fourth-order valence-corrected chi connectivity index (χ4v) is 4.00. The number of fused-ring (bicyclic) bond motifs is 1. The zero-order valence-electron chi connectivity index (χ0n) is 11.9. The van der Waals surface area contributed by atoms with Crippen LogP contribution in [-0.2, 0) is 6.42 Å². The highest BCUT2D eigenvalue weighted by atomic mass is 32.1. The van der Waals surface area contributed by atoms with Crippen LogP contribution in [0.5, 0.6) is 0 Å². The van der Waals surface area contributed by atoms with E-state index in [-0.39, 0.29) is 0 Å². The van der Waals surface area contributed by atoms with Gasteiger partial charge in [-0.1, -0.05) is 13.8 Å². The molecule has 2 heterocycles. The Morgan fingerprint density at radius 3 is 2.78 bits per heavy atom. The first-order chi connectivity index (χ1) is 8.65. The number of rotatable bonds is 5. The molecule has 2 N–H and O–H groups in total. The van der Waals surface area contributed by atoms with Crippen LogP contribution in [-0.4, -0.2) is 24.5 Å². The molecule has 1 aliphatic rings. The summed E-state index contributed by atoms with van der Waals surface area (Å²) in [5, 5.41) is 2.24. The Morgan fingerprint density at radius 1 is 1.44 bits per heavy atom. The molecule has 0 spiro atoms. The lowest BCUT2D eigenvalue weighted by molar-refractivity contribution is 0.105. The minimum Gasteiger partial charge on any atom is -0.330 e. The molecule has 3 heteroatoms. The maximum atomic E-state index is 6.04. The largest absolute Gasteiger partial charge is 0.330 e.